The summed E-state index contributed by atoms with van der Waals surface area (Å²) in [5.74, 6) is -0.322. The molecule has 0 bridgehead atoms. The van der Waals surface area contributed by atoms with Crippen molar-refractivity contribution in [1.29, 1.82) is 0 Å². The van der Waals surface area contributed by atoms with Crippen LogP contribution in [0.15, 0.2) is 40.9 Å². The van der Waals surface area contributed by atoms with E-state index in [0.29, 0.717) is 31.5 Å². The van der Waals surface area contributed by atoms with Gasteiger partial charge in [0.2, 0.25) is 0 Å². The van der Waals surface area contributed by atoms with Crippen molar-refractivity contribution in [3.8, 4) is 0 Å². The first-order valence-electron chi connectivity index (χ1n) is 5.29. The van der Waals surface area contributed by atoms with Gasteiger partial charge in [0, 0.05) is 10.7 Å². The van der Waals surface area contributed by atoms with Crippen LogP contribution >= 0.6 is 39.1 Å². The summed E-state index contributed by atoms with van der Waals surface area (Å²) in [5, 5.41) is 3.73. The summed E-state index contributed by atoms with van der Waals surface area (Å²) in [6.45, 7) is 0. The molecule has 0 aliphatic heterocycles. The smallest absolute Gasteiger partial charge is 0.257 e. The largest absolute Gasteiger partial charge is 0.398 e. The monoisotopic (exact) mass is 358 g/mol. The number of benzene rings is 2. The first kappa shape index (κ1) is 14.2. The van der Waals surface area contributed by atoms with Crippen molar-refractivity contribution in [3.63, 3.8) is 0 Å². The number of nitrogen functional groups attached to an aromatic ring is 1. The third kappa shape index (κ3) is 3.21. The summed E-state index contributed by atoms with van der Waals surface area (Å²) < 4.78 is 0.623. The second-order valence-corrected chi connectivity index (χ2v) is 5.42. The second kappa shape index (κ2) is 5.82. The zero-order valence-corrected chi connectivity index (χ0v) is 12.7. The van der Waals surface area contributed by atoms with E-state index in [-0.39, 0.29) is 5.91 Å². The van der Waals surface area contributed by atoms with Crippen molar-refractivity contribution in [2.24, 2.45) is 0 Å². The number of hydrogen-bond acceptors (Lipinski definition) is 2. The molecule has 0 unspecified atom stereocenters. The summed E-state index contributed by atoms with van der Waals surface area (Å²) >= 11 is 15.1. The molecule has 2 aromatic carbocycles. The molecule has 0 aliphatic rings. The van der Waals surface area contributed by atoms with Crippen molar-refractivity contribution in [1.82, 2.24) is 0 Å². The summed E-state index contributed by atoms with van der Waals surface area (Å²) in [7, 11) is 0. The van der Waals surface area contributed by atoms with Gasteiger partial charge in [-0.2, -0.15) is 0 Å². The number of amides is 1. The molecule has 0 saturated heterocycles. The predicted octanol–water partition coefficient (Wildman–Crippen LogP) is 4.59. The lowest BCUT2D eigenvalue weighted by molar-refractivity contribution is 0.102. The summed E-state index contributed by atoms with van der Waals surface area (Å²) in [6, 6.07) is 9.92. The molecule has 0 aliphatic carbocycles. The highest BCUT2D eigenvalue weighted by atomic mass is 79.9. The Balaban J connectivity index is 2.28. The van der Waals surface area contributed by atoms with Gasteiger partial charge in [0.25, 0.3) is 5.91 Å². The number of nitrogens with one attached hydrogen (secondary N) is 1. The number of halogens is 3. The Morgan fingerprint density at radius 1 is 1.21 bits per heavy atom. The lowest BCUT2D eigenvalue weighted by Gasteiger charge is -2.10. The number of nitrogens with two attached hydrogens (primary N) is 1. The molecule has 0 spiro atoms. The van der Waals surface area contributed by atoms with Crippen LogP contribution in [0.25, 0.3) is 0 Å². The normalized spacial score (nSPS) is 10.3. The van der Waals surface area contributed by atoms with Gasteiger partial charge in [-0.15, -0.1) is 0 Å². The minimum absolute atomic E-state index is 0.322. The molecular formula is C13H9BrCl2N2O. The fraction of sp³-hybridized carbons (Fsp3) is 0. The molecule has 0 radical (unpaired) electrons. The Hall–Kier alpha value is -1.23. The van der Waals surface area contributed by atoms with E-state index in [1.807, 2.05) is 0 Å². The van der Waals surface area contributed by atoms with Crippen LogP contribution < -0.4 is 11.1 Å². The molecule has 0 aromatic heterocycles. The van der Waals surface area contributed by atoms with Crippen LogP contribution in [0, 0.1) is 0 Å². The summed E-state index contributed by atoms with van der Waals surface area (Å²) in [5.41, 5.74) is 7.02. The highest BCUT2D eigenvalue weighted by molar-refractivity contribution is 9.10. The van der Waals surface area contributed by atoms with E-state index >= 15 is 0 Å². The van der Waals surface area contributed by atoms with Gasteiger partial charge in [-0.05, 0) is 46.3 Å². The average Bonchev–Trinajstić information content (AvgIpc) is 2.34. The van der Waals surface area contributed by atoms with Crippen LogP contribution in [0.1, 0.15) is 10.4 Å². The molecule has 98 valence electrons. The third-order valence-corrected chi connectivity index (χ3v) is 4.09. The highest BCUT2D eigenvalue weighted by Crippen LogP contribution is 2.30. The highest BCUT2D eigenvalue weighted by Gasteiger charge is 2.12. The maximum Gasteiger partial charge on any atom is 0.257 e. The van der Waals surface area contributed by atoms with Gasteiger partial charge < -0.3 is 11.1 Å². The van der Waals surface area contributed by atoms with Crippen molar-refractivity contribution in [2.45, 2.75) is 0 Å². The van der Waals surface area contributed by atoms with Crippen LogP contribution in [0.3, 0.4) is 0 Å². The van der Waals surface area contributed by atoms with Crippen LogP contribution in [-0.4, -0.2) is 5.91 Å². The molecule has 0 fully saturated rings. The van der Waals surface area contributed by atoms with Gasteiger partial charge in [0.15, 0.2) is 0 Å². The first-order valence-corrected chi connectivity index (χ1v) is 6.84. The minimum Gasteiger partial charge on any atom is -0.398 e. The van der Waals surface area contributed by atoms with Gasteiger partial charge in [-0.3, -0.25) is 4.79 Å². The number of rotatable bonds is 2. The van der Waals surface area contributed by atoms with Crippen molar-refractivity contribution in [2.75, 3.05) is 11.1 Å². The molecule has 0 saturated carbocycles. The predicted molar refractivity (Wildman–Crippen MR) is 83.0 cm³/mol. The minimum atomic E-state index is -0.322. The summed E-state index contributed by atoms with van der Waals surface area (Å²) in [6.07, 6.45) is 0. The van der Waals surface area contributed by atoms with E-state index in [2.05, 4.69) is 21.2 Å². The van der Waals surface area contributed by atoms with Gasteiger partial charge >= 0.3 is 0 Å². The Kier molecular flexibility index (Phi) is 4.34. The van der Waals surface area contributed by atoms with Crippen molar-refractivity contribution in [3.05, 3.63) is 56.5 Å². The van der Waals surface area contributed by atoms with Gasteiger partial charge in [0.05, 0.1) is 20.7 Å². The molecule has 3 nitrogen and oxygen atoms in total. The van der Waals surface area contributed by atoms with E-state index in [0.717, 1.165) is 0 Å². The second-order valence-electron chi connectivity index (χ2n) is 3.79. The third-order valence-electron chi connectivity index (χ3n) is 2.46. The van der Waals surface area contributed by atoms with Crippen molar-refractivity contribution < 1.29 is 4.79 Å². The van der Waals surface area contributed by atoms with Crippen LogP contribution in [0.5, 0.6) is 0 Å². The zero-order chi connectivity index (χ0) is 14.0. The van der Waals surface area contributed by atoms with E-state index in [1.165, 1.54) is 6.07 Å². The Morgan fingerprint density at radius 3 is 2.63 bits per heavy atom. The van der Waals surface area contributed by atoms with Crippen LogP contribution in [0.2, 0.25) is 10.0 Å². The number of carbonyl (C=O) groups excluding carboxylic acids is 1. The molecule has 6 heteroatoms. The first-order chi connectivity index (χ1) is 8.99. The molecule has 3 N–H and O–H groups in total. The topological polar surface area (TPSA) is 55.1 Å². The molecule has 0 heterocycles. The average molecular weight is 360 g/mol. The van der Waals surface area contributed by atoms with Gasteiger partial charge in [-0.25, -0.2) is 0 Å². The molecule has 2 rings (SSSR count). The van der Waals surface area contributed by atoms with Gasteiger partial charge in [0.1, 0.15) is 0 Å². The number of carbonyl (C=O) groups is 1. The van der Waals surface area contributed by atoms with E-state index in [1.54, 1.807) is 30.3 Å². The fourth-order valence-corrected chi connectivity index (χ4v) is 2.25. The van der Waals surface area contributed by atoms with E-state index in [4.69, 9.17) is 28.9 Å². The fourth-order valence-electron chi connectivity index (χ4n) is 1.53. The number of hydrogen-bond donors (Lipinski definition) is 2. The lowest BCUT2D eigenvalue weighted by atomic mass is 10.1. The van der Waals surface area contributed by atoms with Crippen LogP contribution in [-0.2, 0) is 0 Å². The molecule has 2 aromatic rings. The zero-order valence-electron chi connectivity index (χ0n) is 9.58. The SMILES string of the molecule is Nc1cc(Cl)ccc1C(=O)Nc1cccc(Cl)c1Br. The molecule has 19 heavy (non-hydrogen) atoms. The molecular weight excluding hydrogens is 351 g/mol. The van der Waals surface area contributed by atoms with Crippen molar-refractivity contribution >= 4 is 56.4 Å². The Morgan fingerprint density at radius 2 is 1.95 bits per heavy atom. The maximum absolute atomic E-state index is 12.1. The summed E-state index contributed by atoms with van der Waals surface area (Å²) in [4.78, 5) is 12.1. The lowest BCUT2D eigenvalue weighted by Crippen LogP contribution is -2.14. The quantitative estimate of drug-likeness (QED) is 0.770. The molecule has 1 amide bonds. The number of anilines is 2. The molecule has 0 atom stereocenters. The Labute approximate surface area is 128 Å². The van der Waals surface area contributed by atoms with E-state index in [9.17, 15) is 4.79 Å². The standard InChI is InChI=1S/C13H9BrCl2N2O/c14-12-9(16)2-1-3-11(12)18-13(19)8-5-4-7(15)6-10(8)17/h1-6H,17H2,(H,18,19). The maximum atomic E-state index is 12.1. The van der Waals surface area contributed by atoms with Crippen LogP contribution in [0.4, 0.5) is 11.4 Å². The Bertz CT molecular complexity index is 647. The van der Waals surface area contributed by atoms with E-state index < -0.39 is 0 Å². The van der Waals surface area contributed by atoms with Gasteiger partial charge in [-0.1, -0.05) is 29.3 Å².